The highest BCUT2D eigenvalue weighted by Gasteiger charge is 2.48. The Morgan fingerprint density at radius 1 is 1.35 bits per heavy atom. The zero-order valence-electron chi connectivity index (χ0n) is 13.8. The molecule has 1 heterocycles. The van der Waals surface area contributed by atoms with E-state index in [-0.39, 0.29) is 23.8 Å². The Morgan fingerprint density at radius 3 is 2.57 bits per heavy atom. The van der Waals surface area contributed by atoms with Crippen LogP contribution in [0.15, 0.2) is 29.2 Å². The zero-order chi connectivity index (χ0) is 17.1. The van der Waals surface area contributed by atoms with Crippen LogP contribution in [0.25, 0.3) is 0 Å². The van der Waals surface area contributed by atoms with Crippen LogP contribution in [0.5, 0.6) is 0 Å². The average Bonchev–Trinajstić information content (AvgIpc) is 2.92. The van der Waals surface area contributed by atoms with Crippen molar-refractivity contribution in [2.75, 3.05) is 27.3 Å². The van der Waals surface area contributed by atoms with Gasteiger partial charge in [0.2, 0.25) is 15.9 Å². The van der Waals surface area contributed by atoms with Crippen molar-refractivity contribution in [1.82, 2.24) is 9.62 Å². The van der Waals surface area contributed by atoms with E-state index in [4.69, 9.17) is 4.74 Å². The number of carbonyl (C=O) groups is 1. The number of hydrogen-bond acceptors (Lipinski definition) is 4. The van der Waals surface area contributed by atoms with Gasteiger partial charge in [-0.25, -0.2) is 8.42 Å². The fraction of sp³-hybridized carbons (Fsp3) is 0.562. The van der Waals surface area contributed by atoms with E-state index in [1.54, 1.807) is 31.3 Å². The first-order chi connectivity index (χ1) is 10.9. The number of aryl methyl sites for hydroxylation is 1. The molecule has 0 bridgehead atoms. The van der Waals surface area contributed by atoms with E-state index < -0.39 is 15.6 Å². The van der Waals surface area contributed by atoms with Crippen molar-refractivity contribution in [3.05, 3.63) is 29.8 Å². The summed E-state index contributed by atoms with van der Waals surface area (Å²) < 4.78 is 32.8. The lowest BCUT2D eigenvalue weighted by Crippen LogP contribution is -2.52. The van der Waals surface area contributed by atoms with E-state index >= 15 is 0 Å². The smallest absolute Gasteiger partial charge is 0.243 e. The highest BCUT2D eigenvalue weighted by molar-refractivity contribution is 7.89. The number of carbonyl (C=O) groups excluding carboxylic acids is 1. The molecule has 1 amide bonds. The Balaban J connectivity index is 2.41. The molecule has 1 aromatic rings. The van der Waals surface area contributed by atoms with Crippen LogP contribution in [0.1, 0.15) is 24.8 Å². The molecule has 1 aliphatic heterocycles. The normalized spacial score (nSPS) is 22.2. The maximum absolute atomic E-state index is 13.0. The number of amides is 1. The number of rotatable bonds is 6. The Labute approximate surface area is 137 Å². The van der Waals surface area contributed by atoms with Gasteiger partial charge in [0.1, 0.15) is 0 Å². The molecular formula is C16H24N2O4S. The molecule has 2 rings (SSSR count). The predicted octanol–water partition coefficient (Wildman–Crippen LogP) is 1.30. The van der Waals surface area contributed by atoms with Crippen molar-refractivity contribution >= 4 is 15.9 Å². The molecule has 0 spiro atoms. The van der Waals surface area contributed by atoms with Crippen molar-refractivity contribution in [1.29, 1.82) is 0 Å². The number of nitrogens with one attached hydrogen (secondary N) is 1. The maximum Gasteiger partial charge on any atom is 0.243 e. The third-order valence-corrected chi connectivity index (χ3v) is 6.34. The summed E-state index contributed by atoms with van der Waals surface area (Å²) in [6.07, 6.45) is 1.42. The lowest BCUT2D eigenvalue weighted by molar-refractivity contribution is -0.123. The fourth-order valence-corrected chi connectivity index (χ4v) is 4.98. The van der Waals surface area contributed by atoms with Gasteiger partial charge in [0, 0.05) is 27.1 Å². The SMILES string of the molecule is CNC(=O)C[C@@]1(COC)CCCN1S(=O)(=O)c1ccc(C)cc1. The Kier molecular flexibility index (Phi) is 5.44. The van der Waals surface area contributed by atoms with Crippen molar-refractivity contribution < 1.29 is 17.9 Å². The monoisotopic (exact) mass is 340 g/mol. The lowest BCUT2D eigenvalue weighted by atomic mass is 9.94. The minimum atomic E-state index is -3.67. The molecule has 1 atom stereocenters. The molecular weight excluding hydrogens is 316 g/mol. The molecule has 6 nitrogen and oxygen atoms in total. The van der Waals surface area contributed by atoms with Crippen LogP contribution in [0.2, 0.25) is 0 Å². The number of methoxy groups -OCH3 is 1. The second kappa shape index (κ2) is 6.98. The fourth-order valence-electron chi connectivity index (χ4n) is 3.15. The highest BCUT2D eigenvalue weighted by Crippen LogP contribution is 2.37. The summed E-state index contributed by atoms with van der Waals surface area (Å²) in [6, 6.07) is 6.78. The molecule has 0 unspecified atom stereocenters. The summed E-state index contributed by atoms with van der Waals surface area (Å²) in [5.74, 6) is -0.187. The molecule has 0 saturated carbocycles. The first-order valence-electron chi connectivity index (χ1n) is 7.65. The lowest BCUT2D eigenvalue weighted by Gasteiger charge is -2.36. The third-order valence-electron chi connectivity index (χ3n) is 4.32. The van der Waals surface area contributed by atoms with Crippen LogP contribution < -0.4 is 5.32 Å². The van der Waals surface area contributed by atoms with E-state index in [2.05, 4.69) is 5.32 Å². The second-order valence-corrected chi connectivity index (χ2v) is 7.86. The summed E-state index contributed by atoms with van der Waals surface area (Å²) in [7, 11) is -0.585. The Hall–Kier alpha value is -1.44. The van der Waals surface area contributed by atoms with Crippen LogP contribution >= 0.6 is 0 Å². The van der Waals surface area contributed by atoms with Crippen LogP contribution in [-0.2, 0) is 19.6 Å². The van der Waals surface area contributed by atoms with Crippen molar-refractivity contribution in [3.63, 3.8) is 0 Å². The largest absolute Gasteiger partial charge is 0.383 e. The van der Waals surface area contributed by atoms with Gasteiger partial charge in [-0.1, -0.05) is 17.7 Å². The van der Waals surface area contributed by atoms with Gasteiger partial charge in [0.15, 0.2) is 0 Å². The first-order valence-corrected chi connectivity index (χ1v) is 9.09. The topological polar surface area (TPSA) is 75.7 Å². The molecule has 1 fully saturated rings. The second-order valence-electron chi connectivity index (χ2n) is 6.00. The van der Waals surface area contributed by atoms with Gasteiger partial charge in [-0.15, -0.1) is 0 Å². The standard InChI is InChI=1S/C16H24N2O4S/c1-13-5-7-14(8-6-13)23(20,21)18-10-4-9-16(18,12-22-3)11-15(19)17-2/h5-8H,4,9-12H2,1-3H3,(H,17,19)/t16-/m1/s1. The molecule has 1 N–H and O–H groups in total. The van der Waals surface area contributed by atoms with E-state index in [0.29, 0.717) is 19.4 Å². The molecule has 128 valence electrons. The van der Waals surface area contributed by atoms with Gasteiger partial charge in [-0.3, -0.25) is 4.79 Å². The summed E-state index contributed by atoms with van der Waals surface area (Å²) >= 11 is 0. The summed E-state index contributed by atoms with van der Waals surface area (Å²) in [4.78, 5) is 12.2. The van der Waals surface area contributed by atoms with E-state index in [1.165, 1.54) is 11.4 Å². The Morgan fingerprint density at radius 2 is 2.00 bits per heavy atom. The molecule has 1 saturated heterocycles. The molecule has 1 aromatic carbocycles. The quantitative estimate of drug-likeness (QED) is 0.847. The summed E-state index contributed by atoms with van der Waals surface area (Å²) in [6.45, 7) is 2.51. The van der Waals surface area contributed by atoms with Crippen LogP contribution in [0, 0.1) is 6.92 Å². The number of hydrogen-bond donors (Lipinski definition) is 1. The molecule has 0 aromatic heterocycles. The maximum atomic E-state index is 13.0. The van der Waals surface area contributed by atoms with Gasteiger partial charge in [0.25, 0.3) is 0 Å². The zero-order valence-corrected chi connectivity index (χ0v) is 14.6. The van der Waals surface area contributed by atoms with Crippen molar-refractivity contribution in [2.45, 2.75) is 36.6 Å². The summed E-state index contributed by atoms with van der Waals surface area (Å²) in [5, 5.41) is 2.58. The number of benzene rings is 1. The summed E-state index contributed by atoms with van der Waals surface area (Å²) in [5.41, 5.74) is 0.178. The minimum Gasteiger partial charge on any atom is -0.383 e. The third kappa shape index (κ3) is 3.57. The predicted molar refractivity (Wildman–Crippen MR) is 87.6 cm³/mol. The minimum absolute atomic E-state index is 0.0996. The molecule has 7 heteroatoms. The van der Waals surface area contributed by atoms with Gasteiger partial charge in [-0.05, 0) is 31.9 Å². The van der Waals surface area contributed by atoms with Crippen molar-refractivity contribution in [2.24, 2.45) is 0 Å². The van der Waals surface area contributed by atoms with Gasteiger partial charge < -0.3 is 10.1 Å². The van der Waals surface area contributed by atoms with E-state index in [0.717, 1.165) is 5.56 Å². The molecule has 23 heavy (non-hydrogen) atoms. The average molecular weight is 340 g/mol. The van der Waals surface area contributed by atoms with Crippen LogP contribution in [-0.4, -0.2) is 51.5 Å². The molecule has 0 aliphatic carbocycles. The van der Waals surface area contributed by atoms with E-state index in [9.17, 15) is 13.2 Å². The highest BCUT2D eigenvalue weighted by atomic mass is 32.2. The molecule has 1 aliphatic rings. The van der Waals surface area contributed by atoms with Crippen molar-refractivity contribution in [3.8, 4) is 0 Å². The van der Waals surface area contributed by atoms with Gasteiger partial charge >= 0.3 is 0 Å². The number of sulfonamides is 1. The van der Waals surface area contributed by atoms with E-state index in [1.807, 2.05) is 6.92 Å². The number of ether oxygens (including phenoxy) is 1. The van der Waals surface area contributed by atoms with Crippen LogP contribution in [0.4, 0.5) is 0 Å². The Bertz CT molecular complexity index is 657. The van der Waals surface area contributed by atoms with Crippen LogP contribution in [0.3, 0.4) is 0 Å². The van der Waals surface area contributed by atoms with Gasteiger partial charge in [0.05, 0.1) is 17.0 Å². The van der Waals surface area contributed by atoms with Gasteiger partial charge in [-0.2, -0.15) is 4.31 Å². The first kappa shape index (κ1) is 17.9. The number of nitrogens with zero attached hydrogens (tertiary/aromatic N) is 1. The molecule has 0 radical (unpaired) electrons.